The highest BCUT2D eigenvalue weighted by atomic mass is 35.5. The van der Waals surface area contributed by atoms with Crippen LogP contribution in [0.2, 0.25) is 5.02 Å². The SMILES string of the molecule is NC(=Nc1cc(Cl)cc(Nc2nc3c(s2)-c2ccccc2C3)c1)c1ccccc1. The number of hydrogen-bond donors (Lipinski definition) is 2. The average molecular weight is 417 g/mol. The lowest BCUT2D eigenvalue weighted by Crippen LogP contribution is -2.12. The smallest absolute Gasteiger partial charge is 0.187 e. The van der Waals surface area contributed by atoms with Crippen LogP contribution in [0.1, 0.15) is 16.8 Å². The van der Waals surface area contributed by atoms with Crippen LogP contribution < -0.4 is 11.1 Å². The van der Waals surface area contributed by atoms with Crippen LogP contribution in [0.5, 0.6) is 0 Å². The van der Waals surface area contributed by atoms with Gasteiger partial charge in [-0.15, -0.1) is 0 Å². The van der Waals surface area contributed by atoms with E-state index in [0.717, 1.165) is 28.5 Å². The zero-order valence-electron chi connectivity index (χ0n) is 15.4. The Bertz CT molecular complexity index is 1230. The van der Waals surface area contributed by atoms with Crippen molar-refractivity contribution in [2.75, 3.05) is 5.32 Å². The number of thiazole rings is 1. The van der Waals surface area contributed by atoms with Crippen LogP contribution in [0, 0.1) is 0 Å². The molecule has 1 aliphatic carbocycles. The van der Waals surface area contributed by atoms with Gasteiger partial charge in [-0.25, -0.2) is 9.98 Å². The molecule has 3 aromatic carbocycles. The summed E-state index contributed by atoms with van der Waals surface area (Å²) in [5.41, 5.74) is 12.3. The fraction of sp³-hybridized carbons (Fsp3) is 0.0435. The predicted octanol–water partition coefficient (Wildman–Crippen LogP) is 6.15. The maximum Gasteiger partial charge on any atom is 0.187 e. The topological polar surface area (TPSA) is 63.3 Å². The Morgan fingerprint density at radius 3 is 2.69 bits per heavy atom. The van der Waals surface area contributed by atoms with Gasteiger partial charge in [-0.3, -0.25) is 0 Å². The average Bonchev–Trinajstić information content (AvgIpc) is 3.25. The fourth-order valence-corrected chi connectivity index (χ4v) is 4.75. The van der Waals surface area contributed by atoms with E-state index in [1.807, 2.05) is 42.5 Å². The van der Waals surface area contributed by atoms with Gasteiger partial charge in [0, 0.05) is 22.7 Å². The molecule has 0 spiro atoms. The Hall–Kier alpha value is -3.15. The van der Waals surface area contributed by atoms with E-state index in [-0.39, 0.29) is 0 Å². The van der Waals surface area contributed by atoms with Crippen LogP contribution in [-0.2, 0) is 6.42 Å². The Kier molecular flexibility index (Phi) is 4.54. The van der Waals surface area contributed by atoms with Gasteiger partial charge in [-0.1, -0.05) is 77.5 Å². The second-order valence-corrected chi connectivity index (χ2v) is 8.25. The van der Waals surface area contributed by atoms with E-state index < -0.39 is 0 Å². The summed E-state index contributed by atoms with van der Waals surface area (Å²) in [5.74, 6) is 0.448. The number of nitrogens with one attached hydrogen (secondary N) is 1. The quantitative estimate of drug-likeness (QED) is 0.273. The predicted molar refractivity (Wildman–Crippen MR) is 122 cm³/mol. The lowest BCUT2D eigenvalue weighted by molar-refractivity contribution is 1.15. The van der Waals surface area contributed by atoms with E-state index in [9.17, 15) is 0 Å². The second-order valence-electron chi connectivity index (χ2n) is 6.81. The molecule has 0 unspecified atom stereocenters. The summed E-state index contributed by atoms with van der Waals surface area (Å²) in [4.78, 5) is 10.5. The Balaban J connectivity index is 1.42. The van der Waals surface area contributed by atoms with Crippen LogP contribution in [0.3, 0.4) is 0 Å². The minimum Gasteiger partial charge on any atom is -0.383 e. The van der Waals surface area contributed by atoms with Crippen LogP contribution >= 0.6 is 22.9 Å². The van der Waals surface area contributed by atoms with Crippen molar-refractivity contribution < 1.29 is 0 Å². The van der Waals surface area contributed by atoms with Gasteiger partial charge in [0.15, 0.2) is 5.13 Å². The second kappa shape index (κ2) is 7.35. The number of aliphatic imine (C=N–C) groups is 1. The fourth-order valence-electron chi connectivity index (χ4n) is 3.46. The van der Waals surface area contributed by atoms with Gasteiger partial charge in [-0.2, -0.15) is 0 Å². The number of amidine groups is 1. The van der Waals surface area contributed by atoms with Crippen molar-refractivity contribution >= 4 is 45.3 Å². The zero-order valence-corrected chi connectivity index (χ0v) is 17.0. The summed E-state index contributed by atoms with van der Waals surface area (Å²) in [6.45, 7) is 0. The van der Waals surface area contributed by atoms with Gasteiger partial charge < -0.3 is 11.1 Å². The molecule has 4 aromatic rings. The molecule has 142 valence electrons. The minimum atomic E-state index is 0.448. The first-order valence-corrected chi connectivity index (χ1v) is 10.4. The highest BCUT2D eigenvalue weighted by molar-refractivity contribution is 7.19. The van der Waals surface area contributed by atoms with Crippen molar-refractivity contribution in [2.45, 2.75) is 6.42 Å². The third kappa shape index (κ3) is 3.62. The molecule has 1 aliphatic rings. The van der Waals surface area contributed by atoms with Gasteiger partial charge in [0.25, 0.3) is 0 Å². The zero-order chi connectivity index (χ0) is 19.8. The van der Waals surface area contributed by atoms with Crippen molar-refractivity contribution in [1.82, 2.24) is 4.98 Å². The minimum absolute atomic E-state index is 0.448. The molecular formula is C23H17ClN4S. The summed E-state index contributed by atoms with van der Waals surface area (Å²) in [7, 11) is 0. The van der Waals surface area contributed by atoms with Crippen molar-refractivity contribution in [2.24, 2.45) is 10.7 Å². The summed E-state index contributed by atoms with van der Waals surface area (Å²) < 4.78 is 0. The molecule has 0 fully saturated rings. The third-order valence-corrected chi connectivity index (χ3v) is 6.03. The Morgan fingerprint density at radius 1 is 1.03 bits per heavy atom. The summed E-state index contributed by atoms with van der Waals surface area (Å²) in [5, 5.41) is 4.80. The number of nitrogens with zero attached hydrogens (tertiary/aromatic N) is 2. The van der Waals surface area contributed by atoms with Gasteiger partial charge in [-0.05, 0) is 29.3 Å². The third-order valence-electron chi connectivity index (χ3n) is 4.77. The highest BCUT2D eigenvalue weighted by Crippen LogP contribution is 2.42. The first kappa shape index (κ1) is 17.9. The van der Waals surface area contributed by atoms with E-state index >= 15 is 0 Å². The largest absolute Gasteiger partial charge is 0.383 e. The van der Waals surface area contributed by atoms with Crippen LogP contribution in [-0.4, -0.2) is 10.8 Å². The van der Waals surface area contributed by atoms with E-state index in [0.29, 0.717) is 16.5 Å². The number of fused-ring (bicyclic) bond motifs is 3. The number of anilines is 2. The molecule has 29 heavy (non-hydrogen) atoms. The molecule has 6 heteroatoms. The molecule has 1 heterocycles. The normalized spacial score (nSPS) is 12.5. The molecule has 0 saturated heterocycles. The van der Waals surface area contributed by atoms with E-state index in [1.165, 1.54) is 16.0 Å². The molecule has 0 bridgehead atoms. The van der Waals surface area contributed by atoms with Crippen LogP contribution in [0.4, 0.5) is 16.5 Å². The molecule has 0 aliphatic heterocycles. The summed E-state index contributed by atoms with van der Waals surface area (Å²) in [6.07, 6.45) is 0.877. The van der Waals surface area contributed by atoms with Gasteiger partial charge in [0.1, 0.15) is 5.84 Å². The molecular weight excluding hydrogens is 400 g/mol. The lowest BCUT2D eigenvalue weighted by Gasteiger charge is -2.07. The molecule has 0 amide bonds. The number of aromatic nitrogens is 1. The monoisotopic (exact) mass is 416 g/mol. The first-order chi connectivity index (χ1) is 14.2. The number of benzene rings is 3. The van der Waals surface area contributed by atoms with Crippen molar-refractivity contribution in [3.8, 4) is 10.4 Å². The molecule has 0 radical (unpaired) electrons. The van der Waals surface area contributed by atoms with Gasteiger partial charge in [0.2, 0.25) is 0 Å². The van der Waals surface area contributed by atoms with Gasteiger partial charge in [0.05, 0.1) is 16.3 Å². The highest BCUT2D eigenvalue weighted by Gasteiger charge is 2.22. The standard InChI is InChI=1S/C23H17ClN4S/c24-16-11-17(26-22(25)14-6-2-1-3-7-14)13-18(12-16)27-23-28-20-10-15-8-4-5-9-19(15)21(20)29-23/h1-9,11-13H,10H2,(H2,25,26)(H,27,28). The molecule has 1 aromatic heterocycles. The molecule has 3 N–H and O–H groups in total. The lowest BCUT2D eigenvalue weighted by atomic mass is 10.1. The number of rotatable bonds is 4. The van der Waals surface area contributed by atoms with Crippen LogP contribution in [0.15, 0.2) is 77.8 Å². The van der Waals surface area contributed by atoms with Crippen molar-refractivity contribution in [3.05, 3.63) is 94.6 Å². The maximum absolute atomic E-state index is 6.32. The Labute approximate surface area is 177 Å². The van der Waals surface area contributed by atoms with Crippen LogP contribution in [0.25, 0.3) is 10.4 Å². The molecule has 0 saturated carbocycles. The van der Waals surface area contributed by atoms with E-state index in [2.05, 4.69) is 34.6 Å². The molecule has 4 nitrogen and oxygen atoms in total. The number of hydrogen-bond acceptors (Lipinski definition) is 4. The first-order valence-electron chi connectivity index (χ1n) is 9.21. The summed E-state index contributed by atoms with van der Waals surface area (Å²) >= 11 is 7.98. The Morgan fingerprint density at radius 2 is 1.83 bits per heavy atom. The number of nitrogens with two attached hydrogens (primary N) is 1. The van der Waals surface area contributed by atoms with Crippen molar-refractivity contribution in [1.29, 1.82) is 0 Å². The molecule has 0 atom stereocenters. The van der Waals surface area contributed by atoms with E-state index in [4.69, 9.17) is 22.3 Å². The van der Waals surface area contributed by atoms with E-state index in [1.54, 1.807) is 17.4 Å². The summed E-state index contributed by atoms with van der Waals surface area (Å²) in [6, 6.07) is 23.7. The number of halogens is 1. The van der Waals surface area contributed by atoms with Crippen molar-refractivity contribution in [3.63, 3.8) is 0 Å². The maximum atomic E-state index is 6.32. The van der Waals surface area contributed by atoms with Gasteiger partial charge >= 0.3 is 0 Å². The molecule has 5 rings (SSSR count).